The van der Waals surface area contributed by atoms with Crippen LogP contribution in [-0.2, 0) is 11.2 Å². The lowest BCUT2D eigenvalue weighted by Gasteiger charge is -2.22. The van der Waals surface area contributed by atoms with E-state index in [2.05, 4.69) is 20.4 Å². The predicted octanol–water partition coefficient (Wildman–Crippen LogP) is 3.18. The number of ether oxygens (including phenoxy) is 1. The van der Waals surface area contributed by atoms with Gasteiger partial charge in [0.15, 0.2) is 5.82 Å². The Balaban J connectivity index is 1.51. The number of benzene rings is 1. The number of carbonyl (C=O) groups excluding carboxylic acids is 1. The van der Waals surface area contributed by atoms with E-state index >= 15 is 0 Å². The number of nitrogens with zero attached hydrogens (tertiary/aromatic N) is 4. The van der Waals surface area contributed by atoms with Crippen molar-refractivity contribution in [1.29, 1.82) is 0 Å². The van der Waals surface area contributed by atoms with Gasteiger partial charge in [-0.3, -0.25) is 4.98 Å². The van der Waals surface area contributed by atoms with Gasteiger partial charge in [0, 0.05) is 31.7 Å². The van der Waals surface area contributed by atoms with Crippen LogP contribution >= 0.6 is 0 Å². The van der Waals surface area contributed by atoms with Gasteiger partial charge in [0.05, 0.1) is 17.8 Å². The van der Waals surface area contributed by atoms with E-state index in [0.29, 0.717) is 37.0 Å². The van der Waals surface area contributed by atoms with Crippen molar-refractivity contribution in [2.45, 2.75) is 25.3 Å². The summed E-state index contributed by atoms with van der Waals surface area (Å²) in [5.74, 6) is 1.07. The minimum atomic E-state index is -0.211. The molecule has 1 atom stereocenters. The van der Waals surface area contributed by atoms with Crippen LogP contribution in [0.5, 0.6) is 0 Å². The van der Waals surface area contributed by atoms with E-state index in [1.165, 1.54) is 0 Å². The summed E-state index contributed by atoms with van der Waals surface area (Å²) >= 11 is 0. The number of urea groups is 1. The number of hydrogen-bond donors (Lipinski definition) is 1. The van der Waals surface area contributed by atoms with Gasteiger partial charge in [0.25, 0.3) is 0 Å². The number of pyridine rings is 1. The van der Waals surface area contributed by atoms with Crippen LogP contribution in [0.1, 0.15) is 30.6 Å². The number of fused-ring (bicyclic) bond motifs is 1. The molecule has 1 aromatic carbocycles. The van der Waals surface area contributed by atoms with E-state index in [4.69, 9.17) is 9.26 Å². The highest BCUT2D eigenvalue weighted by Crippen LogP contribution is 2.32. The first-order valence-corrected chi connectivity index (χ1v) is 8.99. The molecule has 0 saturated carbocycles. The molecule has 8 heteroatoms. The number of aromatic nitrogens is 3. The molecule has 2 aromatic heterocycles. The zero-order valence-corrected chi connectivity index (χ0v) is 15.1. The van der Waals surface area contributed by atoms with Crippen LogP contribution in [0.15, 0.2) is 41.1 Å². The molecule has 3 heterocycles. The van der Waals surface area contributed by atoms with Crippen LogP contribution in [0.4, 0.5) is 10.5 Å². The number of carbonyl (C=O) groups is 1. The second kappa shape index (κ2) is 7.71. The Bertz CT molecular complexity index is 936. The number of likely N-dealkylation sites (tertiary alicyclic amines) is 1. The van der Waals surface area contributed by atoms with Crippen LogP contribution in [0, 0.1) is 0 Å². The van der Waals surface area contributed by atoms with E-state index in [0.717, 1.165) is 23.7 Å². The maximum Gasteiger partial charge on any atom is 0.322 e. The van der Waals surface area contributed by atoms with E-state index in [-0.39, 0.29) is 12.1 Å². The number of rotatable bonds is 5. The molecule has 0 radical (unpaired) electrons. The van der Waals surface area contributed by atoms with Gasteiger partial charge >= 0.3 is 6.03 Å². The van der Waals surface area contributed by atoms with Gasteiger partial charge in [-0.15, -0.1) is 0 Å². The first-order valence-electron chi connectivity index (χ1n) is 8.99. The molecule has 0 aliphatic carbocycles. The van der Waals surface area contributed by atoms with Crippen molar-refractivity contribution in [2.24, 2.45) is 0 Å². The SMILES string of the molecule is COCCc1noc([C@@H]2CCCN2C(=O)Nc2cccc3cccnc23)n1. The lowest BCUT2D eigenvalue weighted by molar-refractivity contribution is 0.192. The lowest BCUT2D eigenvalue weighted by atomic mass is 10.2. The summed E-state index contributed by atoms with van der Waals surface area (Å²) in [6, 6.07) is 9.17. The number of anilines is 1. The molecule has 1 saturated heterocycles. The van der Waals surface area contributed by atoms with Crippen molar-refractivity contribution in [1.82, 2.24) is 20.0 Å². The van der Waals surface area contributed by atoms with Gasteiger partial charge in [0.1, 0.15) is 6.04 Å². The largest absolute Gasteiger partial charge is 0.384 e. The first kappa shape index (κ1) is 17.4. The molecule has 3 aromatic rings. The predicted molar refractivity (Wildman–Crippen MR) is 99.3 cm³/mol. The van der Waals surface area contributed by atoms with Crippen molar-refractivity contribution in [3.63, 3.8) is 0 Å². The van der Waals surface area contributed by atoms with E-state index in [1.54, 1.807) is 18.2 Å². The molecule has 0 unspecified atom stereocenters. The van der Waals surface area contributed by atoms with Gasteiger partial charge < -0.3 is 19.5 Å². The maximum atomic E-state index is 12.9. The van der Waals surface area contributed by atoms with Crippen molar-refractivity contribution in [2.75, 3.05) is 25.6 Å². The topological polar surface area (TPSA) is 93.4 Å². The summed E-state index contributed by atoms with van der Waals surface area (Å²) < 4.78 is 10.4. The Hall–Kier alpha value is -3.00. The Labute approximate surface area is 156 Å². The zero-order valence-electron chi connectivity index (χ0n) is 15.1. The van der Waals surface area contributed by atoms with Gasteiger partial charge in [0.2, 0.25) is 5.89 Å². The minimum Gasteiger partial charge on any atom is -0.384 e. The average molecular weight is 367 g/mol. The van der Waals surface area contributed by atoms with Crippen molar-refractivity contribution in [3.05, 3.63) is 48.2 Å². The number of para-hydroxylation sites is 1. The van der Waals surface area contributed by atoms with Gasteiger partial charge in [-0.05, 0) is 25.0 Å². The van der Waals surface area contributed by atoms with Crippen LogP contribution in [0.2, 0.25) is 0 Å². The minimum absolute atomic E-state index is 0.188. The first-order chi connectivity index (χ1) is 13.3. The molecular weight excluding hydrogens is 346 g/mol. The standard InChI is InChI=1S/C19H21N5O3/c1-26-12-9-16-22-18(27-23-16)15-8-4-11-24(15)19(25)21-14-7-2-5-13-6-3-10-20-17(13)14/h2-3,5-7,10,15H,4,8-9,11-12H2,1H3,(H,21,25)/t15-/m0/s1. The van der Waals surface area contributed by atoms with Crippen molar-refractivity contribution < 1.29 is 14.1 Å². The number of hydrogen-bond acceptors (Lipinski definition) is 6. The fourth-order valence-electron chi connectivity index (χ4n) is 3.36. The highest BCUT2D eigenvalue weighted by atomic mass is 16.5. The quantitative estimate of drug-likeness (QED) is 0.744. The molecule has 1 aliphatic rings. The van der Waals surface area contributed by atoms with Crippen LogP contribution in [0.25, 0.3) is 10.9 Å². The van der Waals surface area contributed by atoms with Crippen molar-refractivity contribution >= 4 is 22.6 Å². The maximum absolute atomic E-state index is 12.9. The second-order valence-corrected chi connectivity index (χ2v) is 6.45. The van der Waals surface area contributed by atoms with E-state index in [1.807, 2.05) is 30.3 Å². The van der Waals surface area contributed by atoms with Crippen LogP contribution < -0.4 is 5.32 Å². The third kappa shape index (κ3) is 3.61. The fraction of sp³-hybridized carbons (Fsp3) is 0.368. The molecule has 1 aliphatic heterocycles. The monoisotopic (exact) mass is 367 g/mol. The van der Waals surface area contributed by atoms with Crippen LogP contribution in [-0.4, -0.2) is 46.3 Å². The smallest absolute Gasteiger partial charge is 0.322 e. The molecule has 1 N–H and O–H groups in total. The zero-order chi connectivity index (χ0) is 18.6. The molecular formula is C19H21N5O3. The molecule has 0 spiro atoms. The third-order valence-corrected chi connectivity index (χ3v) is 4.69. The Morgan fingerprint density at radius 1 is 1.37 bits per heavy atom. The number of amides is 2. The Morgan fingerprint density at radius 2 is 2.26 bits per heavy atom. The summed E-state index contributed by atoms with van der Waals surface area (Å²) in [6.07, 6.45) is 3.99. The van der Waals surface area contributed by atoms with Gasteiger partial charge in [-0.2, -0.15) is 4.98 Å². The average Bonchev–Trinajstić information content (AvgIpc) is 3.36. The second-order valence-electron chi connectivity index (χ2n) is 6.45. The summed E-state index contributed by atoms with van der Waals surface area (Å²) in [5.41, 5.74) is 1.46. The Morgan fingerprint density at radius 3 is 3.15 bits per heavy atom. The normalized spacial score (nSPS) is 16.8. The molecule has 8 nitrogen and oxygen atoms in total. The summed E-state index contributed by atoms with van der Waals surface area (Å²) in [6.45, 7) is 1.17. The Kier molecular flexibility index (Phi) is 4.97. The fourth-order valence-corrected chi connectivity index (χ4v) is 3.36. The van der Waals surface area contributed by atoms with Crippen molar-refractivity contribution in [3.8, 4) is 0 Å². The molecule has 1 fully saturated rings. The van der Waals surface area contributed by atoms with E-state index in [9.17, 15) is 4.79 Å². The van der Waals surface area contributed by atoms with Gasteiger partial charge in [-0.1, -0.05) is 23.4 Å². The molecule has 27 heavy (non-hydrogen) atoms. The lowest BCUT2D eigenvalue weighted by Crippen LogP contribution is -2.34. The van der Waals surface area contributed by atoms with Crippen LogP contribution in [0.3, 0.4) is 0 Å². The molecule has 140 valence electrons. The molecule has 2 amide bonds. The summed E-state index contributed by atoms with van der Waals surface area (Å²) in [4.78, 5) is 23.5. The molecule has 0 bridgehead atoms. The van der Waals surface area contributed by atoms with E-state index < -0.39 is 0 Å². The highest BCUT2D eigenvalue weighted by molar-refractivity contribution is 5.99. The van der Waals surface area contributed by atoms with Gasteiger partial charge in [-0.25, -0.2) is 4.79 Å². The highest BCUT2D eigenvalue weighted by Gasteiger charge is 2.34. The summed E-state index contributed by atoms with van der Waals surface area (Å²) in [7, 11) is 1.63. The number of nitrogens with one attached hydrogen (secondary N) is 1. The number of methoxy groups -OCH3 is 1. The molecule has 4 rings (SSSR count). The summed E-state index contributed by atoms with van der Waals surface area (Å²) in [5, 5.41) is 7.94. The third-order valence-electron chi connectivity index (χ3n) is 4.69.